The summed E-state index contributed by atoms with van der Waals surface area (Å²) in [5, 5.41) is 13.6. The van der Waals surface area contributed by atoms with Crippen molar-refractivity contribution in [1.29, 1.82) is 0 Å². The molecule has 0 bridgehead atoms. The molecule has 128 valence electrons. The zero-order valence-corrected chi connectivity index (χ0v) is 14.1. The van der Waals surface area contributed by atoms with Crippen molar-refractivity contribution in [2.24, 2.45) is 0 Å². The number of amides is 1. The van der Waals surface area contributed by atoms with Crippen molar-refractivity contribution in [3.05, 3.63) is 64.1 Å². The third kappa shape index (κ3) is 3.10. The van der Waals surface area contributed by atoms with Gasteiger partial charge in [0.2, 0.25) is 0 Å². The van der Waals surface area contributed by atoms with Gasteiger partial charge in [-0.3, -0.25) is 9.59 Å². The highest BCUT2D eigenvalue weighted by Gasteiger charge is 2.22. The van der Waals surface area contributed by atoms with E-state index in [2.05, 4.69) is 10.3 Å². The van der Waals surface area contributed by atoms with Crippen LogP contribution in [-0.2, 0) is 6.54 Å². The fraction of sp³-hybridized carbons (Fsp3) is 0.211. The molecular formula is C19H19N3O3. The van der Waals surface area contributed by atoms with E-state index in [1.54, 1.807) is 42.6 Å². The molecule has 6 heteroatoms. The molecule has 0 aliphatic rings. The van der Waals surface area contributed by atoms with Gasteiger partial charge in [-0.15, -0.1) is 0 Å². The molecule has 2 heterocycles. The molecule has 1 amide bonds. The number of hydrogen-bond donors (Lipinski definition) is 2. The molecule has 3 rings (SSSR count). The van der Waals surface area contributed by atoms with Crippen LogP contribution in [-0.4, -0.2) is 20.6 Å². The largest absolute Gasteiger partial charge is 0.506 e. The third-order valence-electron chi connectivity index (χ3n) is 3.97. The Morgan fingerprint density at radius 1 is 1.24 bits per heavy atom. The number of anilines is 1. The Morgan fingerprint density at radius 3 is 2.68 bits per heavy atom. The number of hydrogen-bond acceptors (Lipinski definition) is 4. The number of nitrogens with one attached hydrogen (secondary N) is 1. The quantitative estimate of drug-likeness (QED) is 0.766. The van der Waals surface area contributed by atoms with Crippen molar-refractivity contribution in [3.63, 3.8) is 0 Å². The van der Waals surface area contributed by atoms with Crippen molar-refractivity contribution in [1.82, 2.24) is 9.55 Å². The van der Waals surface area contributed by atoms with E-state index in [-0.39, 0.29) is 11.3 Å². The van der Waals surface area contributed by atoms with Gasteiger partial charge in [0.1, 0.15) is 17.1 Å². The van der Waals surface area contributed by atoms with Crippen LogP contribution >= 0.6 is 0 Å². The van der Waals surface area contributed by atoms with Crippen molar-refractivity contribution in [2.45, 2.75) is 26.8 Å². The molecule has 1 aromatic carbocycles. The molecule has 0 unspecified atom stereocenters. The number of para-hydroxylation sites is 1. The Labute approximate surface area is 144 Å². The molecule has 25 heavy (non-hydrogen) atoms. The number of rotatable bonds is 4. The lowest BCUT2D eigenvalue weighted by Gasteiger charge is -2.14. The Morgan fingerprint density at radius 2 is 2.00 bits per heavy atom. The molecule has 0 saturated heterocycles. The van der Waals surface area contributed by atoms with Crippen molar-refractivity contribution < 1.29 is 9.90 Å². The third-order valence-corrected chi connectivity index (χ3v) is 3.97. The van der Waals surface area contributed by atoms with Gasteiger partial charge in [0.15, 0.2) is 0 Å². The highest BCUT2D eigenvalue weighted by Crippen LogP contribution is 2.26. The minimum atomic E-state index is -0.672. The summed E-state index contributed by atoms with van der Waals surface area (Å²) in [6, 6.07) is 10.5. The molecule has 0 atom stereocenters. The number of aromatic hydroxyl groups is 1. The van der Waals surface area contributed by atoms with Crippen LogP contribution in [0.15, 0.2) is 47.4 Å². The summed E-state index contributed by atoms with van der Waals surface area (Å²) < 4.78 is 1.52. The summed E-state index contributed by atoms with van der Waals surface area (Å²) in [6.45, 7) is 4.30. The van der Waals surface area contributed by atoms with E-state index in [9.17, 15) is 14.7 Å². The van der Waals surface area contributed by atoms with Gasteiger partial charge >= 0.3 is 0 Å². The maximum absolute atomic E-state index is 12.8. The SMILES string of the molecule is CCCn1c(=O)c(C(=O)Nc2ccc(C)cn2)c(O)c2ccccc21. The summed E-state index contributed by atoms with van der Waals surface area (Å²) in [4.78, 5) is 29.5. The summed E-state index contributed by atoms with van der Waals surface area (Å²) in [5.74, 6) is -0.656. The predicted molar refractivity (Wildman–Crippen MR) is 97.1 cm³/mol. The standard InChI is InChI=1S/C19H19N3O3/c1-3-10-22-14-7-5-4-6-13(14)17(23)16(19(22)25)18(24)21-15-9-8-12(2)11-20-15/h4-9,11,23H,3,10H2,1-2H3,(H,20,21,24). The van der Waals surface area contributed by atoms with Gasteiger partial charge in [-0.2, -0.15) is 0 Å². The van der Waals surface area contributed by atoms with E-state index < -0.39 is 11.5 Å². The van der Waals surface area contributed by atoms with E-state index in [1.165, 1.54) is 4.57 Å². The lowest BCUT2D eigenvalue weighted by atomic mass is 10.1. The van der Waals surface area contributed by atoms with Crippen molar-refractivity contribution in [3.8, 4) is 5.75 Å². The molecule has 6 nitrogen and oxygen atoms in total. The Kier molecular flexibility index (Phi) is 4.52. The molecule has 2 aromatic heterocycles. The smallest absolute Gasteiger partial charge is 0.267 e. The van der Waals surface area contributed by atoms with Crippen LogP contribution in [0.4, 0.5) is 5.82 Å². The Bertz CT molecular complexity index is 991. The number of aromatic nitrogens is 2. The second-order valence-electron chi connectivity index (χ2n) is 5.87. The van der Waals surface area contributed by atoms with Gasteiger partial charge in [0.25, 0.3) is 11.5 Å². The van der Waals surface area contributed by atoms with E-state index in [0.29, 0.717) is 23.3 Å². The topological polar surface area (TPSA) is 84.2 Å². The minimum Gasteiger partial charge on any atom is -0.506 e. The summed E-state index contributed by atoms with van der Waals surface area (Å²) in [6.07, 6.45) is 2.35. The van der Waals surface area contributed by atoms with Gasteiger partial charge in [-0.1, -0.05) is 25.1 Å². The molecule has 2 N–H and O–H groups in total. The molecule has 0 saturated carbocycles. The van der Waals surface area contributed by atoms with Crippen LogP contribution < -0.4 is 10.9 Å². The molecule has 0 aliphatic carbocycles. The summed E-state index contributed by atoms with van der Waals surface area (Å²) in [7, 11) is 0. The van der Waals surface area contributed by atoms with E-state index in [0.717, 1.165) is 12.0 Å². The summed E-state index contributed by atoms with van der Waals surface area (Å²) >= 11 is 0. The molecule has 0 fully saturated rings. The zero-order chi connectivity index (χ0) is 18.0. The fourth-order valence-corrected chi connectivity index (χ4v) is 2.76. The molecule has 0 aliphatic heterocycles. The van der Waals surface area contributed by atoms with E-state index in [4.69, 9.17) is 0 Å². The maximum atomic E-state index is 12.8. The highest BCUT2D eigenvalue weighted by molar-refractivity contribution is 6.08. The average molecular weight is 337 g/mol. The maximum Gasteiger partial charge on any atom is 0.267 e. The molecule has 0 spiro atoms. The second-order valence-corrected chi connectivity index (χ2v) is 5.87. The number of carbonyl (C=O) groups is 1. The monoisotopic (exact) mass is 337 g/mol. The zero-order valence-electron chi connectivity index (χ0n) is 14.1. The van der Waals surface area contributed by atoms with Gasteiger partial charge in [-0.05, 0) is 37.1 Å². The van der Waals surface area contributed by atoms with Crippen molar-refractivity contribution in [2.75, 3.05) is 5.32 Å². The second kappa shape index (κ2) is 6.76. The Balaban J connectivity index is 2.13. The van der Waals surface area contributed by atoms with Gasteiger partial charge in [0, 0.05) is 18.1 Å². The normalized spacial score (nSPS) is 10.8. The number of benzene rings is 1. The van der Waals surface area contributed by atoms with Crippen LogP contribution in [0.3, 0.4) is 0 Å². The number of fused-ring (bicyclic) bond motifs is 1. The van der Waals surface area contributed by atoms with Crippen molar-refractivity contribution >= 4 is 22.6 Å². The van der Waals surface area contributed by atoms with Crippen LogP contribution in [0.5, 0.6) is 5.75 Å². The van der Waals surface area contributed by atoms with E-state index in [1.807, 2.05) is 13.8 Å². The number of aryl methyl sites for hydroxylation is 2. The average Bonchev–Trinajstić information content (AvgIpc) is 2.61. The molecule has 3 aromatic rings. The first kappa shape index (κ1) is 16.7. The first-order valence-electron chi connectivity index (χ1n) is 8.11. The van der Waals surface area contributed by atoms with Crippen LogP contribution in [0.1, 0.15) is 29.3 Å². The van der Waals surface area contributed by atoms with Crippen LogP contribution in [0.2, 0.25) is 0 Å². The molecular weight excluding hydrogens is 318 g/mol. The number of nitrogens with zero attached hydrogens (tertiary/aromatic N) is 2. The predicted octanol–water partition coefficient (Wildman–Crippen LogP) is 3.07. The fourth-order valence-electron chi connectivity index (χ4n) is 2.76. The lowest BCUT2D eigenvalue weighted by Crippen LogP contribution is -2.30. The van der Waals surface area contributed by atoms with Gasteiger partial charge in [-0.25, -0.2) is 4.98 Å². The minimum absolute atomic E-state index is 0.269. The van der Waals surface area contributed by atoms with Gasteiger partial charge < -0.3 is 15.0 Å². The summed E-state index contributed by atoms with van der Waals surface area (Å²) in [5.41, 5.74) is 0.783. The first-order chi connectivity index (χ1) is 12.0. The number of carbonyl (C=O) groups excluding carboxylic acids is 1. The van der Waals surface area contributed by atoms with Gasteiger partial charge in [0.05, 0.1) is 5.52 Å². The van der Waals surface area contributed by atoms with Crippen LogP contribution in [0, 0.1) is 6.92 Å². The molecule has 0 radical (unpaired) electrons. The Hall–Kier alpha value is -3.15. The highest BCUT2D eigenvalue weighted by atomic mass is 16.3. The number of pyridine rings is 2. The van der Waals surface area contributed by atoms with Crippen LogP contribution in [0.25, 0.3) is 10.9 Å². The van der Waals surface area contributed by atoms with E-state index >= 15 is 0 Å². The first-order valence-corrected chi connectivity index (χ1v) is 8.11. The lowest BCUT2D eigenvalue weighted by molar-refractivity contribution is 0.102.